The minimum atomic E-state index is -0.548. The van der Waals surface area contributed by atoms with Crippen molar-refractivity contribution < 1.29 is 9.13 Å². The quantitative estimate of drug-likeness (QED) is 0.767. The van der Waals surface area contributed by atoms with Crippen LogP contribution in [0.3, 0.4) is 0 Å². The molecule has 0 N–H and O–H groups in total. The average Bonchev–Trinajstić information content (AvgIpc) is 2.26. The number of hydrogen-bond donors (Lipinski definition) is 0. The highest BCUT2D eigenvalue weighted by Crippen LogP contribution is 2.28. The monoisotopic (exact) mass is 295 g/mol. The Morgan fingerprint density at radius 2 is 1.82 bits per heavy atom. The standard InChI is InChI=1S/C13H11BrFNO/c1-8-6-10(7-9(2)13(8)14)17-12-5-3-4-11(15)16-12/h3-7H,1-2H3. The fourth-order valence-corrected chi connectivity index (χ4v) is 1.76. The number of pyridine rings is 1. The van der Waals surface area contributed by atoms with Crippen LogP contribution in [-0.4, -0.2) is 4.98 Å². The van der Waals surface area contributed by atoms with E-state index in [9.17, 15) is 4.39 Å². The second-order valence-corrected chi connectivity index (χ2v) is 4.56. The van der Waals surface area contributed by atoms with Crippen molar-refractivity contribution in [3.8, 4) is 11.6 Å². The van der Waals surface area contributed by atoms with E-state index in [1.807, 2.05) is 26.0 Å². The fraction of sp³-hybridized carbons (Fsp3) is 0.154. The second-order valence-electron chi connectivity index (χ2n) is 3.77. The van der Waals surface area contributed by atoms with E-state index < -0.39 is 5.95 Å². The lowest BCUT2D eigenvalue weighted by Gasteiger charge is -2.08. The van der Waals surface area contributed by atoms with Gasteiger partial charge in [-0.2, -0.15) is 9.37 Å². The molecular weight excluding hydrogens is 285 g/mol. The van der Waals surface area contributed by atoms with Crippen molar-refractivity contribution in [1.82, 2.24) is 4.98 Å². The first kappa shape index (κ1) is 12.0. The number of rotatable bonds is 2. The lowest BCUT2D eigenvalue weighted by molar-refractivity contribution is 0.444. The van der Waals surface area contributed by atoms with E-state index in [4.69, 9.17) is 4.74 Å². The molecule has 0 atom stereocenters. The first-order valence-corrected chi connectivity index (χ1v) is 5.93. The van der Waals surface area contributed by atoms with Gasteiger partial charge in [0.1, 0.15) is 5.75 Å². The molecule has 0 radical (unpaired) electrons. The molecule has 1 aromatic carbocycles. The van der Waals surface area contributed by atoms with Crippen LogP contribution in [-0.2, 0) is 0 Å². The minimum absolute atomic E-state index is 0.256. The summed E-state index contributed by atoms with van der Waals surface area (Å²) in [5, 5.41) is 0. The smallest absolute Gasteiger partial charge is 0.221 e. The van der Waals surface area contributed by atoms with Crippen molar-refractivity contribution in [3.05, 3.63) is 51.9 Å². The van der Waals surface area contributed by atoms with E-state index in [0.717, 1.165) is 15.6 Å². The minimum Gasteiger partial charge on any atom is -0.439 e. The number of ether oxygens (including phenoxy) is 1. The molecule has 4 heteroatoms. The molecule has 1 heterocycles. The number of hydrogen-bond acceptors (Lipinski definition) is 2. The molecule has 2 rings (SSSR count). The van der Waals surface area contributed by atoms with Crippen LogP contribution in [0.1, 0.15) is 11.1 Å². The molecule has 0 saturated heterocycles. The normalized spacial score (nSPS) is 10.4. The summed E-state index contributed by atoms with van der Waals surface area (Å²) in [5.41, 5.74) is 2.13. The summed E-state index contributed by atoms with van der Waals surface area (Å²) in [4.78, 5) is 3.65. The van der Waals surface area contributed by atoms with Crippen molar-refractivity contribution in [2.45, 2.75) is 13.8 Å². The van der Waals surface area contributed by atoms with Crippen LogP contribution >= 0.6 is 15.9 Å². The van der Waals surface area contributed by atoms with Crippen LogP contribution < -0.4 is 4.74 Å². The van der Waals surface area contributed by atoms with Crippen LogP contribution in [0.2, 0.25) is 0 Å². The summed E-state index contributed by atoms with van der Waals surface area (Å²) in [6, 6.07) is 8.23. The molecule has 0 saturated carbocycles. The predicted molar refractivity (Wildman–Crippen MR) is 67.9 cm³/mol. The van der Waals surface area contributed by atoms with E-state index >= 15 is 0 Å². The molecule has 0 spiro atoms. The molecule has 2 aromatic rings. The fourth-order valence-electron chi connectivity index (χ4n) is 1.53. The molecule has 2 nitrogen and oxygen atoms in total. The maximum Gasteiger partial charge on any atom is 0.221 e. The van der Waals surface area contributed by atoms with Crippen molar-refractivity contribution in [1.29, 1.82) is 0 Å². The first-order chi connectivity index (χ1) is 8.06. The third-order valence-electron chi connectivity index (χ3n) is 2.32. The van der Waals surface area contributed by atoms with Gasteiger partial charge in [-0.3, -0.25) is 0 Å². The van der Waals surface area contributed by atoms with Crippen LogP contribution in [0, 0.1) is 19.8 Å². The number of aromatic nitrogens is 1. The van der Waals surface area contributed by atoms with E-state index in [1.54, 1.807) is 12.1 Å². The Morgan fingerprint density at radius 3 is 2.41 bits per heavy atom. The topological polar surface area (TPSA) is 22.1 Å². The Hall–Kier alpha value is -1.42. The molecule has 88 valence electrons. The van der Waals surface area contributed by atoms with Crippen molar-refractivity contribution in [3.63, 3.8) is 0 Å². The average molecular weight is 296 g/mol. The van der Waals surface area contributed by atoms with Gasteiger partial charge in [-0.25, -0.2) is 0 Å². The van der Waals surface area contributed by atoms with E-state index in [0.29, 0.717) is 5.75 Å². The Balaban J connectivity index is 2.31. The largest absolute Gasteiger partial charge is 0.439 e. The summed E-state index contributed by atoms with van der Waals surface area (Å²) in [7, 11) is 0. The van der Waals surface area contributed by atoms with Crippen LogP contribution in [0.4, 0.5) is 4.39 Å². The van der Waals surface area contributed by atoms with Gasteiger partial charge in [-0.05, 0) is 43.2 Å². The Morgan fingerprint density at radius 1 is 1.18 bits per heavy atom. The SMILES string of the molecule is Cc1cc(Oc2cccc(F)n2)cc(C)c1Br. The van der Waals surface area contributed by atoms with Gasteiger partial charge in [0, 0.05) is 10.5 Å². The van der Waals surface area contributed by atoms with Gasteiger partial charge in [0.05, 0.1) is 0 Å². The molecule has 0 aliphatic carbocycles. The molecule has 1 aromatic heterocycles. The highest BCUT2D eigenvalue weighted by molar-refractivity contribution is 9.10. The highest BCUT2D eigenvalue weighted by atomic mass is 79.9. The van der Waals surface area contributed by atoms with Crippen molar-refractivity contribution in [2.24, 2.45) is 0 Å². The zero-order chi connectivity index (χ0) is 12.4. The van der Waals surface area contributed by atoms with Gasteiger partial charge in [-0.15, -0.1) is 0 Å². The Kier molecular flexibility index (Phi) is 3.43. The van der Waals surface area contributed by atoms with Crippen LogP contribution in [0.5, 0.6) is 11.6 Å². The molecule has 0 unspecified atom stereocenters. The molecule has 0 amide bonds. The molecular formula is C13H11BrFNO. The number of halogens is 2. The molecule has 17 heavy (non-hydrogen) atoms. The lowest BCUT2D eigenvalue weighted by atomic mass is 10.1. The molecule has 0 fully saturated rings. The zero-order valence-corrected chi connectivity index (χ0v) is 11.1. The predicted octanol–water partition coefficient (Wildman–Crippen LogP) is 4.39. The maximum absolute atomic E-state index is 12.9. The first-order valence-electron chi connectivity index (χ1n) is 5.13. The maximum atomic E-state index is 12.9. The van der Waals surface area contributed by atoms with E-state index in [-0.39, 0.29) is 5.88 Å². The highest BCUT2D eigenvalue weighted by Gasteiger charge is 2.05. The van der Waals surface area contributed by atoms with Crippen LogP contribution in [0.15, 0.2) is 34.8 Å². The van der Waals surface area contributed by atoms with Gasteiger partial charge in [-0.1, -0.05) is 22.0 Å². The Bertz CT molecular complexity index is 534. The van der Waals surface area contributed by atoms with Crippen molar-refractivity contribution in [2.75, 3.05) is 0 Å². The van der Waals surface area contributed by atoms with E-state index in [1.165, 1.54) is 6.07 Å². The summed E-state index contributed by atoms with van der Waals surface area (Å²) < 4.78 is 19.5. The third kappa shape index (κ3) is 2.82. The van der Waals surface area contributed by atoms with E-state index in [2.05, 4.69) is 20.9 Å². The Labute approximate surface area is 108 Å². The number of benzene rings is 1. The second kappa shape index (κ2) is 4.84. The molecule has 0 aliphatic rings. The third-order valence-corrected chi connectivity index (χ3v) is 3.57. The summed E-state index contributed by atoms with van der Waals surface area (Å²) in [6.45, 7) is 3.95. The lowest BCUT2D eigenvalue weighted by Crippen LogP contribution is -1.92. The van der Waals surface area contributed by atoms with Crippen molar-refractivity contribution >= 4 is 15.9 Å². The van der Waals surface area contributed by atoms with Gasteiger partial charge in [0.15, 0.2) is 0 Å². The van der Waals surface area contributed by atoms with Crippen LogP contribution in [0.25, 0.3) is 0 Å². The number of nitrogens with zero attached hydrogens (tertiary/aromatic N) is 1. The molecule has 0 aliphatic heterocycles. The summed E-state index contributed by atoms with van der Waals surface area (Å²) in [6.07, 6.45) is 0. The van der Waals surface area contributed by atoms with Gasteiger partial charge in [0.2, 0.25) is 11.8 Å². The molecule has 0 bridgehead atoms. The zero-order valence-electron chi connectivity index (χ0n) is 9.50. The summed E-state index contributed by atoms with van der Waals surface area (Å²) in [5.74, 6) is 0.362. The van der Waals surface area contributed by atoms with Gasteiger partial charge < -0.3 is 4.74 Å². The van der Waals surface area contributed by atoms with Gasteiger partial charge in [0.25, 0.3) is 0 Å². The van der Waals surface area contributed by atoms with Gasteiger partial charge >= 0.3 is 0 Å². The number of aryl methyl sites for hydroxylation is 2. The summed E-state index contributed by atoms with van der Waals surface area (Å²) >= 11 is 3.48.